The number of hydrogen-bond acceptors (Lipinski definition) is 4. The molecular formula is C15H15ClN2O2S. The Bertz CT molecular complexity index is 699. The van der Waals surface area contributed by atoms with Gasteiger partial charge in [-0.1, -0.05) is 17.7 Å². The highest BCUT2D eigenvalue weighted by molar-refractivity contribution is 7.15. The Kier molecular flexibility index (Phi) is 3.87. The van der Waals surface area contributed by atoms with Crippen LogP contribution in [-0.4, -0.2) is 16.1 Å². The first-order chi connectivity index (χ1) is 10.0. The summed E-state index contributed by atoms with van der Waals surface area (Å²) in [6.07, 6.45) is 2.47. The van der Waals surface area contributed by atoms with Crippen LogP contribution in [0.25, 0.3) is 0 Å². The summed E-state index contributed by atoms with van der Waals surface area (Å²) in [4.78, 5) is 16.8. The Morgan fingerprint density at radius 2 is 2.33 bits per heavy atom. The maximum Gasteiger partial charge on any atom is 0.312 e. The monoisotopic (exact) mass is 322 g/mol. The van der Waals surface area contributed by atoms with Gasteiger partial charge in [0.05, 0.1) is 16.4 Å². The Hall–Kier alpha value is -1.59. The molecular weight excluding hydrogens is 308 g/mol. The molecule has 1 aromatic carbocycles. The first-order valence-electron chi connectivity index (χ1n) is 6.80. The van der Waals surface area contributed by atoms with Crippen molar-refractivity contribution in [1.29, 1.82) is 0 Å². The SMILES string of the molecule is Cc1ccc(Nc2nc3c(s2)CCCC3C(=O)O)c(Cl)c1. The summed E-state index contributed by atoms with van der Waals surface area (Å²) in [6, 6.07) is 5.77. The number of carboxylic acids is 1. The molecule has 1 atom stereocenters. The van der Waals surface area contributed by atoms with E-state index in [1.165, 1.54) is 11.3 Å². The summed E-state index contributed by atoms with van der Waals surface area (Å²) in [6.45, 7) is 1.98. The van der Waals surface area contributed by atoms with E-state index in [-0.39, 0.29) is 0 Å². The number of nitrogens with zero attached hydrogens (tertiary/aromatic N) is 1. The predicted molar refractivity (Wildman–Crippen MR) is 84.9 cm³/mol. The highest BCUT2D eigenvalue weighted by atomic mass is 35.5. The topological polar surface area (TPSA) is 62.2 Å². The molecule has 1 aliphatic carbocycles. The van der Waals surface area contributed by atoms with Crippen LogP contribution in [0.3, 0.4) is 0 Å². The van der Waals surface area contributed by atoms with Gasteiger partial charge in [-0.2, -0.15) is 0 Å². The minimum Gasteiger partial charge on any atom is -0.481 e. The van der Waals surface area contributed by atoms with E-state index >= 15 is 0 Å². The van der Waals surface area contributed by atoms with Crippen LogP contribution in [0.5, 0.6) is 0 Å². The van der Waals surface area contributed by atoms with Crippen molar-refractivity contribution >= 4 is 39.7 Å². The van der Waals surface area contributed by atoms with E-state index in [2.05, 4.69) is 10.3 Å². The standard InChI is InChI=1S/C15H15ClN2O2S/c1-8-5-6-11(10(16)7-8)17-15-18-13-9(14(19)20)3-2-4-12(13)21-15/h5-7,9H,2-4H2,1H3,(H,17,18)(H,19,20). The van der Waals surface area contributed by atoms with E-state index in [1.807, 2.05) is 25.1 Å². The third kappa shape index (κ3) is 2.89. The van der Waals surface area contributed by atoms with Crippen LogP contribution < -0.4 is 5.32 Å². The number of benzene rings is 1. The first kappa shape index (κ1) is 14.4. The van der Waals surface area contributed by atoms with Gasteiger partial charge in [-0.05, 0) is 43.9 Å². The van der Waals surface area contributed by atoms with Crippen LogP contribution in [0.4, 0.5) is 10.8 Å². The van der Waals surface area contributed by atoms with Gasteiger partial charge in [0.15, 0.2) is 5.13 Å². The maximum atomic E-state index is 11.3. The van der Waals surface area contributed by atoms with E-state index in [1.54, 1.807) is 0 Å². The van der Waals surface area contributed by atoms with Gasteiger partial charge in [0.25, 0.3) is 0 Å². The number of hydrogen-bond donors (Lipinski definition) is 2. The van der Waals surface area contributed by atoms with Crippen LogP contribution in [-0.2, 0) is 11.2 Å². The number of aliphatic carboxylic acids is 1. The molecule has 1 aliphatic rings. The number of carbonyl (C=O) groups is 1. The van der Waals surface area contributed by atoms with E-state index in [0.717, 1.165) is 29.0 Å². The molecule has 0 aliphatic heterocycles. The number of anilines is 2. The molecule has 21 heavy (non-hydrogen) atoms. The lowest BCUT2D eigenvalue weighted by Gasteiger charge is -2.16. The summed E-state index contributed by atoms with van der Waals surface area (Å²) in [5.74, 6) is -1.27. The van der Waals surface area contributed by atoms with Gasteiger partial charge in [-0.3, -0.25) is 4.79 Å². The Morgan fingerprint density at radius 3 is 3.05 bits per heavy atom. The molecule has 0 bridgehead atoms. The lowest BCUT2D eigenvalue weighted by molar-refractivity contribution is -0.139. The fourth-order valence-electron chi connectivity index (χ4n) is 2.55. The largest absolute Gasteiger partial charge is 0.481 e. The van der Waals surface area contributed by atoms with E-state index in [9.17, 15) is 9.90 Å². The fraction of sp³-hybridized carbons (Fsp3) is 0.333. The van der Waals surface area contributed by atoms with Crippen molar-refractivity contribution in [3.63, 3.8) is 0 Å². The molecule has 0 spiro atoms. The highest BCUT2D eigenvalue weighted by Crippen LogP contribution is 2.38. The number of carboxylic acid groups (broad SMARTS) is 1. The molecule has 0 fully saturated rings. The smallest absolute Gasteiger partial charge is 0.312 e. The molecule has 6 heteroatoms. The zero-order valence-corrected chi connectivity index (χ0v) is 13.1. The number of aromatic nitrogens is 1. The summed E-state index contributed by atoms with van der Waals surface area (Å²) in [5.41, 5.74) is 2.60. The molecule has 2 N–H and O–H groups in total. The van der Waals surface area contributed by atoms with Gasteiger partial charge >= 0.3 is 5.97 Å². The fourth-order valence-corrected chi connectivity index (χ4v) is 3.91. The third-order valence-corrected chi connectivity index (χ3v) is 4.98. The van der Waals surface area contributed by atoms with E-state index < -0.39 is 11.9 Å². The molecule has 1 unspecified atom stereocenters. The zero-order valence-electron chi connectivity index (χ0n) is 11.5. The molecule has 0 saturated carbocycles. The molecule has 0 radical (unpaired) electrons. The molecule has 2 aromatic rings. The molecule has 0 amide bonds. The molecule has 0 saturated heterocycles. The van der Waals surface area contributed by atoms with Crippen LogP contribution in [0.2, 0.25) is 5.02 Å². The van der Waals surface area contributed by atoms with Crippen LogP contribution in [0, 0.1) is 6.92 Å². The van der Waals surface area contributed by atoms with Crippen molar-refractivity contribution < 1.29 is 9.90 Å². The minimum atomic E-state index is -0.791. The van der Waals surface area contributed by atoms with Crippen molar-refractivity contribution in [2.75, 3.05) is 5.32 Å². The second-order valence-corrected chi connectivity index (χ2v) is 6.71. The first-order valence-corrected chi connectivity index (χ1v) is 7.99. The van der Waals surface area contributed by atoms with Crippen molar-refractivity contribution in [3.8, 4) is 0 Å². The van der Waals surface area contributed by atoms with Crippen molar-refractivity contribution in [2.45, 2.75) is 32.1 Å². The number of aryl methyl sites for hydroxylation is 2. The normalized spacial score (nSPS) is 17.3. The second-order valence-electron chi connectivity index (χ2n) is 5.22. The van der Waals surface area contributed by atoms with Crippen LogP contribution in [0.1, 0.15) is 34.9 Å². The molecule has 1 heterocycles. The molecule has 110 valence electrons. The average molecular weight is 323 g/mol. The predicted octanol–water partition coefficient (Wildman–Crippen LogP) is 4.35. The van der Waals surface area contributed by atoms with E-state index in [4.69, 9.17) is 11.6 Å². The lowest BCUT2D eigenvalue weighted by atomic mass is 9.91. The van der Waals surface area contributed by atoms with Crippen molar-refractivity contribution in [2.24, 2.45) is 0 Å². The Morgan fingerprint density at radius 1 is 1.52 bits per heavy atom. The number of halogens is 1. The van der Waals surface area contributed by atoms with Crippen molar-refractivity contribution in [3.05, 3.63) is 39.4 Å². The zero-order chi connectivity index (χ0) is 15.0. The van der Waals surface area contributed by atoms with Gasteiger partial charge in [-0.15, -0.1) is 11.3 Å². The van der Waals surface area contributed by atoms with Crippen LogP contribution in [0.15, 0.2) is 18.2 Å². The number of nitrogens with one attached hydrogen (secondary N) is 1. The van der Waals surface area contributed by atoms with Gasteiger partial charge in [0, 0.05) is 4.88 Å². The summed E-state index contributed by atoms with van der Waals surface area (Å²) in [5, 5.41) is 13.8. The maximum absolute atomic E-state index is 11.3. The average Bonchev–Trinajstić information content (AvgIpc) is 2.83. The summed E-state index contributed by atoms with van der Waals surface area (Å²) >= 11 is 7.73. The highest BCUT2D eigenvalue weighted by Gasteiger charge is 2.30. The number of rotatable bonds is 3. The minimum absolute atomic E-state index is 0.478. The van der Waals surface area contributed by atoms with Gasteiger partial charge in [0.1, 0.15) is 5.92 Å². The molecule has 1 aromatic heterocycles. The summed E-state index contributed by atoms with van der Waals surface area (Å²) in [7, 11) is 0. The Labute approximate surface area is 131 Å². The quantitative estimate of drug-likeness (QED) is 0.881. The van der Waals surface area contributed by atoms with Crippen LogP contribution >= 0.6 is 22.9 Å². The Balaban J connectivity index is 1.89. The van der Waals surface area contributed by atoms with Gasteiger partial charge in [-0.25, -0.2) is 4.98 Å². The second kappa shape index (κ2) is 5.66. The molecule has 4 nitrogen and oxygen atoms in total. The van der Waals surface area contributed by atoms with Gasteiger partial charge in [0.2, 0.25) is 0 Å². The lowest BCUT2D eigenvalue weighted by Crippen LogP contribution is -2.17. The molecule has 3 rings (SSSR count). The van der Waals surface area contributed by atoms with E-state index in [0.29, 0.717) is 22.3 Å². The number of fused-ring (bicyclic) bond motifs is 1. The van der Waals surface area contributed by atoms with Crippen molar-refractivity contribution in [1.82, 2.24) is 4.98 Å². The van der Waals surface area contributed by atoms with Gasteiger partial charge < -0.3 is 10.4 Å². The summed E-state index contributed by atoms with van der Waals surface area (Å²) < 4.78 is 0. The third-order valence-electron chi connectivity index (χ3n) is 3.62. The number of thiazole rings is 1.